The molecular weight excluding hydrogens is 204 g/mol. The van der Waals surface area contributed by atoms with E-state index in [-0.39, 0.29) is 5.75 Å². The molecule has 6 heteroatoms. The molecule has 1 heterocycles. The number of thioether (sulfide) groups is 1. The first-order valence-corrected chi connectivity index (χ1v) is 5.40. The fourth-order valence-corrected chi connectivity index (χ4v) is 1.59. The number of aromatic nitrogens is 2. The van der Waals surface area contributed by atoms with Gasteiger partial charge < -0.3 is 9.63 Å². The van der Waals surface area contributed by atoms with E-state index in [4.69, 9.17) is 9.63 Å². The Kier molecular flexibility index (Phi) is 2.72. The molecule has 0 atom stereocenters. The number of rotatable bonds is 5. The van der Waals surface area contributed by atoms with Crippen molar-refractivity contribution in [3.8, 4) is 0 Å². The maximum atomic E-state index is 10.3. The van der Waals surface area contributed by atoms with Crippen LogP contribution in [-0.2, 0) is 11.2 Å². The molecule has 1 aliphatic carbocycles. The Hall–Kier alpha value is -1.04. The van der Waals surface area contributed by atoms with E-state index in [1.807, 2.05) is 0 Å². The van der Waals surface area contributed by atoms with Crippen LogP contribution in [0.2, 0.25) is 0 Å². The summed E-state index contributed by atoms with van der Waals surface area (Å²) in [4.78, 5) is 14.3. The topological polar surface area (TPSA) is 76.2 Å². The van der Waals surface area contributed by atoms with E-state index in [1.54, 1.807) is 0 Å². The number of carboxylic acids is 1. The van der Waals surface area contributed by atoms with Gasteiger partial charge in [-0.25, -0.2) is 0 Å². The monoisotopic (exact) mass is 214 g/mol. The molecule has 1 N–H and O–H groups in total. The molecule has 76 valence electrons. The minimum atomic E-state index is -0.878. The van der Waals surface area contributed by atoms with Gasteiger partial charge in [-0.2, -0.15) is 4.98 Å². The summed E-state index contributed by atoms with van der Waals surface area (Å²) in [6, 6.07) is 0. The van der Waals surface area contributed by atoms with E-state index in [2.05, 4.69) is 10.1 Å². The van der Waals surface area contributed by atoms with Crippen LogP contribution in [0, 0.1) is 5.92 Å². The van der Waals surface area contributed by atoms with E-state index in [9.17, 15) is 4.79 Å². The van der Waals surface area contributed by atoms with Crippen molar-refractivity contribution < 1.29 is 14.4 Å². The molecule has 1 aromatic rings. The lowest BCUT2D eigenvalue weighted by molar-refractivity contribution is -0.133. The second-order valence-corrected chi connectivity index (χ2v) is 4.23. The summed E-state index contributed by atoms with van der Waals surface area (Å²) in [5, 5.41) is 12.6. The number of hydrogen-bond acceptors (Lipinski definition) is 5. The highest BCUT2D eigenvalue weighted by molar-refractivity contribution is 7.99. The molecule has 1 aromatic heterocycles. The predicted octanol–water partition coefficient (Wildman–Crippen LogP) is 1.20. The molecule has 0 aromatic carbocycles. The molecule has 0 bridgehead atoms. The van der Waals surface area contributed by atoms with Crippen molar-refractivity contribution in [1.29, 1.82) is 0 Å². The third kappa shape index (κ3) is 2.73. The highest BCUT2D eigenvalue weighted by atomic mass is 32.2. The predicted molar refractivity (Wildman–Crippen MR) is 49.1 cm³/mol. The second-order valence-electron chi connectivity index (χ2n) is 3.31. The second kappa shape index (κ2) is 4.00. The summed E-state index contributed by atoms with van der Waals surface area (Å²) in [6.45, 7) is 0. The third-order valence-corrected chi connectivity index (χ3v) is 2.74. The van der Waals surface area contributed by atoms with Crippen LogP contribution in [-0.4, -0.2) is 27.0 Å². The number of carboxylic acid groups (broad SMARTS) is 1. The molecule has 2 rings (SSSR count). The fraction of sp³-hybridized carbons (Fsp3) is 0.625. The minimum absolute atomic E-state index is 0.0366. The van der Waals surface area contributed by atoms with Crippen LogP contribution in [0.25, 0.3) is 0 Å². The highest BCUT2D eigenvalue weighted by Crippen LogP contribution is 2.32. The SMILES string of the molecule is O=C(O)CSc1nc(CC2CC2)no1. The summed E-state index contributed by atoms with van der Waals surface area (Å²) < 4.78 is 4.88. The van der Waals surface area contributed by atoms with Crippen molar-refractivity contribution in [3.63, 3.8) is 0 Å². The summed E-state index contributed by atoms with van der Waals surface area (Å²) in [7, 11) is 0. The molecule has 14 heavy (non-hydrogen) atoms. The van der Waals surface area contributed by atoms with Gasteiger partial charge in [0, 0.05) is 6.42 Å². The quantitative estimate of drug-likeness (QED) is 0.742. The van der Waals surface area contributed by atoms with Crippen molar-refractivity contribution in [2.75, 3.05) is 5.75 Å². The van der Waals surface area contributed by atoms with Crippen LogP contribution >= 0.6 is 11.8 Å². The standard InChI is InChI=1S/C8H10N2O3S/c11-7(12)4-14-8-9-6(10-13-8)3-5-1-2-5/h5H,1-4H2,(H,11,12). The Labute approximate surface area is 84.9 Å². The lowest BCUT2D eigenvalue weighted by Crippen LogP contribution is -1.97. The molecule has 0 unspecified atom stereocenters. The van der Waals surface area contributed by atoms with E-state index in [1.165, 1.54) is 12.8 Å². The minimum Gasteiger partial charge on any atom is -0.481 e. The average Bonchev–Trinajstić information content (AvgIpc) is 2.81. The van der Waals surface area contributed by atoms with Gasteiger partial charge in [-0.05, 0) is 18.8 Å². The fourth-order valence-electron chi connectivity index (χ4n) is 1.08. The normalized spacial score (nSPS) is 15.7. The van der Waals surface area contributed by atoms with Gasteiger partial charge in [0.2, 0.25) is 0 Å². The van der Waals surface area contributed by atoms with Crippen molar-refractivity contribution >= 4 is 17.7 Å². The third-order valence-electron chi connectivity index (χ3n) is 1.94. The van der Waals surface area contributed by atoms with Crippen molar-refractivity contribution in [1.82, 2.24) is 10.1 Å². The van der Waals surface area contributed by atoms with Crippen LogP contribution in [0.3, 0.4) is 0 Å². The van der Waals surface area contributed by atoms with Crippen LogP contribution in [0.1, 0.15) is 18.7 Å². The molecule has 1 aliphatic rings. The van der Waals surface area contributed by atoms with Gasteiger partial charge in [-0.15, -0.1) is 0 Å². The number of hydrogen-bond donors (Lipinski definition) is 1. The van der Waals surface area contributed by atoms with Crippen molar-refractivity contribution in [2.45, 2.75) is 24.5 Å². The highest BCUT2D eigenvalue weighted by Gasteiger charge is 2.24. The Balaban J connectivity index is 1.85. The lowest BCUT2D eigenvalue weighted by atomic mass is 10.3. The number of aliphatic carboxylic acids is 1. The van der Waals surface area contributed by atoms with E-state index in [0.717, 1.165) is 18.2 Å². The van der Waals surface area contributed by atoms with Gasteiger partial charge in [0.25, 0.3) is 5.22 Å². The summed E-state index contributed by atoms with van der Waals surface area (Å²) >= 11 is 1.06. The molecule has 0 aliphatic heterocycles. The smallest absolute Gasteiger partial charge is 0.314 e. The van der Waals surface area contributed by atoms with E-state index in [0.29, 0.717) is 17.0 Å². The Morgan fingerprint density at radius 3 is 3.07 bits per heavy atom. The molecule has 0 spiro atoms. The van der Waals surface area contributed by atoms with Crippen molar-refractivity contribution in [3.05, 3.63) is 5.82 Å². The number of carbonyl (C=O) groups is 1. The summed E-state index contributed by atoms with van der Waals surface area (Å²) in [5.74, 6) is 0.493. The summed E-state index contributed by atoms with van der Waals surface area (Å²) in [5.41, 5.74) is 0. The van der Waals surface area contributed by atoms with Crippen LogP contribution in [0.4, 0.5) is 0 Å². The zero-order valence-corrected chi connectivity index (χ0v) is 8.29. The largest absolute Gasteiger partial charge is 0.481 e. The van der Waals surface area contributed by atoms with Crippen LogP contribution in [0.15, 0.2) is 9.75 Å². The van der Waals surface area contributed by atoms with Crippen LogP contribution in [0.5, 0.6) is 0 Å². The maximum Gasteiger partial charge on any atom is 0.314 e. The molecular formula is C8H10N2O3S. The van der Waals surface area contributed by atoms with Gasteiger partial charge in [-0.3, -0.25) is 4.79 Å². The molecule has 0 radical (unpaired) electrons. The molecule has 1 fully saturated rings. The summed E-state index contributed by atoms with van der Waals surface area (Å²) in [6.07, 6.45) is 3.34. The maximum absolute atomic E-state index is 10.3. The van der Waals surface area contributed by atoms with Crippen molar-refractivity contribution in [2.24, 2.45) is 5.92 Å². The average molecular weight is 214 g/mol. The zero-order valence-electron chi connectivity index (χ0n) is 7.47. The molecule has 0 amide bonds. The molecule has 5 nitrogen and oxygen atoms in total. The number of nitrogens with zero attached hydrogens (tertiary/aromatic N) is 2. The van der Waals surface area contributed by atoms with Crippen LogP contribution < -0.4 is 0 Å². The first-order valence-electron chi connectivity index (χ1n) is 4.41. The van der Waals surface area contributed by atoms with Gasteiger partial charge in [0.1, 0.15) is 5.75 Å². The Morgan fingerprint density at radius 1 is 1.64 bits per heavy atom. The van der Waals surface area contributed by atoms with Gasteiger partial charge in [-0.1, -0.05) is 16.9 Å². The first-order chi connectivity index (χ1) is 6.74. The first kappa shape index (κ1) is 9.51. The van der Waals surface area contributed by atoms with E-state index >= 15 is 0 Å². The van der Waals surface area contributed by atoms with E-state index < -0.39 is 5.97 Å². The molecule has 1 saturated carbocycles. The lowest BCUT2D eigenvalue weighted by Gasteiger charge is -1.87. The van der Waals surface area contributed by atoms with Gasteiger partial charge in [0.15, 0.2) is 5.82 Å². The van der Waals surface area contributed by atoms with Gasteiger partial charge in [0.05, 0.1) is 0 Å². The molecule has 0 saturated heterocycles. The Morgan fingerprint density at radius 2 is 2.43 bits per heavy atom. The zero-order chi connectivity index (χ0) is 9.97. The van der Waals surface area contributed by atoms with Gasteiger partial charge >= 0.3 is 5.97 Å². The Bertz CT molecular complexity index is 335.